The summed E-state index contributed by atoms with van der Waals surface area (Å²) in [5.74, 6) is 1.77. The maximum atomic E-state index is 5.42. The van der Waals surface area contributed by atoms with Gasteiger partial charge in [-0.15, -0.1) is 0 Å². The molecule has 4 rings (SSSR count). The van der Waals surface area contributed by atoms with Gasteiger partial charge in [0.05, 0.1) is 0 Å². The normalized spacial score (nSPS) is 10.9. The number of aromatic nitrogens is 5. The van der Waals surface area contributed by atoms with Crippen molar-refractivity contribution < 1.29 is 4.52 Å². The van der Waals surface area contributed by atoms with Gasteiger partial charge in [0.1, 0.15) is 0 Å². The van der Waals surface area contributed by atoms with Crippen LogP contribution >= 0.6 is 0 Å². The van der Waals surface area contributed by atoms with E-state index in [1.807, 2.05) is 43.5 Å². The molecule has 6 nitrogen and oxygen atoms in total. The summed E-state index contributed by atoms with van der Waals surface area (Å²) in [5, 5.41) is 8.22. The molecule has 1 aromatic carbocycles. The first-order chi connectivity index (χ1) is 11.7. The van der Waals surface area contributed by atoms with Crippen LogP contribution in [0.4, 0.5) is 0 Å². The summed E-state index contributed by atoms with van der Waals surface area (Å²) in [6, 6.07) is 11.8. The third-order valence-electron chi connectivity index (χ3n) is 3.78. The number of rotatable bonds is 3. The van der Waals surface area contributed by atoms with Crippen LogP contribution in [0, 0.1) is 13.8 Å². The van der Waals surface area contributed by atoms with Crippen LogP contribution in [0.25, 0.3) is 28.7 Å². The summed E-state index contributed by atoms with van der Waals surface area (Å²) in [5.41, 5.74) is 4.05. The summed E-state index contributed by atoms with van der Waals surface area (Å²) < 4.78 is 7.12. The van der Waals surface area contributed by atoms with Gasteiger partial charge < -0.3 is 4.52 Å². The van der Waals surface area contributed by atoms with Gasteiger partial charge in [0.15, 0.2) is 5.82 Å². The summed E-state index contributed by atoms with van der Waals surface area (Å²) in [7, 11) is 0. The van der Waals surface area contributed by atoms with Gasteiger partial charge in [0.2, 0.25) is 5.82 Å². The fraction of sp³-hybridized carbons (Fsp3) is 0.111. The lowest BCUT2D eigenvalue weighted by molar-refractivity contribution is 0.432. The van der Waals surface area contributed by atoms with Crippen molar-refractivity contribution in [2.75, 3.05) is 0 Å². The van der Waals surface area contributed by atoms with Gasteiger partial charge in [-0.1, -0.05) is 22.9 Å². The minimum absolute atomic E-state index is 0.513. The van der Waals surface area contributed by atoms with Crippen LogP contribution in [0.1, 0.15) is 11.1 Å². The molecule has 0 N–H and O–H groups in total. The molecule has 118 valence electrons. The Morgan fingerprint density at radius 2 is 2.00 bits per heavy atom. The average Bonchev–Trinajstić information content (AvgIpc) is 3.27. The molecule has 0 aliphatic heterocycles. The zero-order chi connectivity index (χ0) is 16.5. The lowest BCUT2D eigenvalue weighted by Crippen LogP contribution is -1.97. The van der Waals surface area contributed by atoms with Gasteiger partial charge in [-0.05, 0) is 43.7 Å². The third kappa shape index (κ3) is 2.58. The van der Waals surface area contributed by atoms with Crippen LogP contribution in [-0.2, 0) is 0 Å². The highest BCUT2D eigenvalue weighted by molar-refractivity contribution is 5.62. The van der Waals surface area contributed by atoms with Crippen LogP contribution in [0.5, 0.6) is 0 Å². The molecule has 3 heterocycles. The quantitative estimate of drug-likeness (QED) is 0.577. The average molecular weight is 317 g/mol. The van der Waals surface area contributed by atoms with Gasteiger partial charge in [0.25, 0.3) is 5.89 Å². The van der Waals surface area contributed by atoms with Crippen molar-refractivity contribution >= 4 is 0 Å². The highest BCUT2D eigenvalue weighted by Gasteiger charge is 2.13. The molecule has 24 heavy (non-hydrogen) atoms. The maximum Gasteiger partial charge on any atom is 0.258 e. The van der Waals surface area contributed by atoms with Crippen LogP contribution in [-0.4, -0.2) is 24.9 Å². The monoisotopic (exact) mass is 317 g/mol. The first-order valence-electron chi connectivity index (χ1n) is 7.58. The molecule has 0 aliphatic rings. The van der Waals surface area contributed by atoms with Crippen molar-refractivity contribution in [1.29, 1.82) is 0 Å². The van der Waals surface area contributed by atoms with Crippen LogP contribution in [0.2, 0.25) is 0 Å². The van der Waals surface area contributed by atoms with E-state index in [1.54, 1.807) is 17.1 Å². The Kier molecular flexibility index (Phi) is 3.42. The van der Waals surface area contributed by atoms with Crippen molar-refractivity contribution in [2.24, 2.45) is 0 Å². The van der Waals surface area contributed by atoms with Crippen molar-refractivity contribution in [3.8, 4) is 28.7 Å². The largest absolute Gasteiger partial charge is 0.334 e. The number of benzene rings is 1. The predicted octanol–water partition coefficient (Wildman–Crippen LogP) is 3.60. The molecule has 6 heteroatoms. The first-order valence-corrected chi connectivity index (χ1v) is 7.58. The first kappa shape index (κ1) is 14.3. The van der Waals surface area contributed by atoms with Gasteiger partial charge in [-0.3, -0.25) is 0 Å². The molecule has 4 aromatic rings. The van der Waals surface area contributed by atoms with Crippen molar-refractivity contribution in [3.63, 3.8) is 0 Å². The van der Waals surface area contributed by atoms with E-state index in [0.29, 0.717) is 11.7 Å². The number of hydrogen-bond acceptors (Lipinski definition) is 5. The Morgan fingerprint density at radius 1 is 1.08 bits per heavy atom. The van der Waals surface area contributed by atoms with Crippen molar-refractivity contribution in [2.45, 2.75) is 13.8 Å². The lowest BCUT2D eigenvalue weighted by atomic mass is 10.1. The Balaban J connectivity index is 1.65. The molecule has 0 spiro atoms. The topological polar surface area (TPSA) is 69.6 Å². The van der Waals surface area contributed by atoms with E-state index in [4.69, 9.17) is 4.52 Å². The summed E-state index contributed by atoms with van der Waals surface area (Å²) >= 11 is 0. The molecule has 0 atom stereocenters. The standard InChI is InChI=1S/C18H15N5O/c1-12-4-6-15(13(2)10-12)18-21-17(22-24-18)14-5-7-16(19-11-14)23-9-3-8-20-23/h3-11H,1-2H3. The van der Waals surface area contributed by atoms with Crippen molar-refractivity contribution in [1.82, 2.24) is 24.9 Å². The second kappa shape index (κ2) is 5.73. The van der Waals surface area contributed by atoms with Gasteiger partial charge >= 0.3 is 0 Å². The van der Waals surface area contributed by atoms with Crippen molar-refractivity contribution in [3.05, 3.63) is 66.1 Å². The summed E-state index contributed by atoms with van der Waals surface area (Å²) in [4.78, 5) is 8.88. The summed E-state index contributed by atoms with van der Waals surface area (Å²) in [6.07, 6.45) is 5.27. The molecular weight excluding hydrogens is 302 g/mol. The minimum atomic E-state index is 0.513. The zero-order valence-corrected chi connectivity index (χ0v) is 13.3. The molecule has 3 aromatic heterocycles. The highest BCUT2D eigenvalue weighted by Crippen LogP contribution is 2.25. The number of pyridine rings is 1. The predicted molar refractivity (Wildman–Crippen MR) is 89.6 cm³/mol. The SMILES string of the molecule is Cc1ccc(-c2nc(-c3ccc(-n4cccn4)nc3)no2)c(C)c1. The summed E-state index contributed by atoms with van der Waals surface area (Å²) in [6.45, 7) is 4.09. The van der Waals surface area contributed by atoms with Gasteiger partial charge in [0, 0.05) is 29.7 Å². The minimum Gasteiger partial charge on any atom is -0.334 e. The second-order valence-corrected chi connectivity index (χ2v) is 5.60. The maximum absolute atomic E-state index is 5.42. The van der Waals surface area contributed by atoms with E-state index < -0.39 is 0 Å². The van der Waals surface area contributed by atoms with E-state index in [0.717, 1.165) is 22.5 Å². The van der Waals surface area contributed by atoms with E-state index in [1.165, 1.54) is 5.56 Å². The molecule has 0 fully saturated rings. The van der Waals surface area contributed by atoms with Crippen LogP contribution < -0.4 is 0 Å². The molecule has 0 saturated heterocycles. The Morgan fingerprint density at radius 3 is 2.71 bits per heavy atom. The molecule has 0 bridgehead atoms. The van der Waals surface area contributed by atoms with E-state index >= 15 is 0 Å². The van der Waals surface area contributed by atoms with Gasteiger partial charge in [-0.25, -0.2) is 9.67 Å². The highest BCUT2D eigenvalue weighted by atomic mass is 16.5. The molecular formula is C18H15N5O. The fourth-order valence-electron chi connectivity index (χ4n) is 2.56. The van der Waals surface area contributed by atoms with Crippen LogP contribution in [0.15, 0.2) is 59.5 Å². The Labute approximate surface area is 138 Å². The van der Waals surface area contributed by atoms with E-state index in [2.05, 4.69) is 33.2 Å². The smallest absolute Gasteiger partial charge is 0.258 e. The lowest BCUT2D eigenvalue weighted by Gasteiger charge is -2.01. The van der Waals surface area contributed by atoms with Gasteiger partial charge in [-0.2, -0.15) is 10.1 Å². The molecule has 0 amide bonds. The Bertz CT molecular complexity index is 971. The molecule has 0 aliphatic carbocycles. The molecule has 0 radical (unpaired) electrons. The van der Waals surface area contributed by atoms with E-state index in [9.17, 15) is 0 Å². The third-order valence-corrected chi connectivity index (χ3v) is 3.78. The number of aryl methyl sites for hydroxylation is 2. The molecule has 0 unspecified atom stereocenters. The number of hydrogen-bond donors (Lipinski definition) is 0. The second-order valence-electron chi connectivity index (χ2n) is 5.60. The fourth-order valence-corrected chi connectivity index (χ4v) is 2.56. The number of nitrogens with zero attached hydrogens (tertiary/aromatic N) is 5. The Hall–Kier alpha value is -3.28. The zero-order valence-electron chi connectivity index (χ0n) is 13.3. The van der Waals surface area contributed by atoms with Crippen LogP contribution in [0.3, 0.4) is 0 Å². The van der Waals surface area contributed by atoms with E-state index in [-0.39, 0.29) is 0 Å². The molecule has 0 saturated carbocycles.